The number of quaternary nitrogens is 1. The molecule has 0 spiro atoms. The average Bonchev–Trinajstić information content (AvgIpc) is 3.42. The van der Waals surface area contributed by atoms with E-state index >= 15 is 0 Å². The molecule has 182 valence electrons. The number of hydrogen-bond acceptors (Lipinski definition) is 5. The van der Waals surface area contributed by atoms with Crippen molar-refractivity contribution in [3.8, 4) is 0 Å². The summed E-state index contributed by atoms with van der Waals surface area (Å²) in [6.07, 6.45) is 6.90. The highest BCUT2D eigenvalue weighted by Crippen LogP contribution is 2.27. The van der Waals surface area contributed by atoms with Crippen LogP contribution in [0.1, 0.15) is 22.3 Å². The van der Waals surface area contributed by atoms with Gasteiger partial charge in [0.05, 0.1) is 29.3 Å². The molecule has 1 aromatic heterocycles. The van der Waals surface area contributed by atoms with Crippen LogP contribution in [0.3, 0.4) is 0 Å². The number of para-hydroxylation sites is 1. The lowest BCUT2D eigenvalue weighted by molar-refractivity contribution is -0.670. The second-order valence-electron chi connectivity index (χ2n) is 8.29. The third-order valence-electron chi connectivity index (χ3n) is 5.94. The van der Waals surface area contributed by atoms with E-state index in [4.69, 9.17) is 0 Å². The van der Waals surface area contributed by atoms with Crippen LogP contribution in [0, 0.1) is 10.1 Å². The number of benzene rings is 4. The zero-order valence-electron chi connectivity index (χ0n) is 19.6. The number of aromatic nitrogens is 2. The molecule has 0 aliphatic carbocycles. The Labute approximate surface area is 208 Å². The lowest BCUT2D eigenvalue weighted by atomic mass is 9.97. The first-order valence-electron chi connectivity index (χ1n) is 11.7. The fraction of sp³-hybridized carbons (Fsp3) is 0.143. The number of nitro benzene ring substituents is 1. The largest absolute Gasteiger partial charge is 0.545 e. The Kier molecular flexibility index (Phi) is 8.00. The predicted molar refractivity (Wildman–Crippen MR) is 136 cm³/mol. The normalized spacial score (nSPS) is 10.7. The van der Waals surface area contributed by atoms with Gasteiger partial charge in [-0.3, -0.25) is 10.1 Å². The lowest BCUT2D eigenvalue weighted by Crippen LogP contribution is -2.82. The van der Waals surface area contributed by atoms with Crippen LogP contribution in [0.5, 0.6) is 0 Å². The van der Waals surface area contributed by atoms with Gasteiger partial charge < -0.3 is 19.8 Å². The Morgan fingerprint density at radius 3 is 2.17 bits per heavy atom. The van der Waals surface area contributed by atoms with Crippen molar-refractivity contribution in [3.05, 3.63) is 119 Å². The van der Waals surface area contributed by atoms with Gasteiger partial charge in [-0.1, -0.05) is 60.7 Å². The van der Waals surface area contributed by atoms with Gasteiger partial charge in [0.2, 0.25) is 0 Å². The van der Waals surface area contributed by atoms with Crippen LogP contribution < -0.4 is 10.4 Å². The van der Waals surface area contributed by atoms with Crippen LogP contribution >= 0.6 is 0 Å². The van der Waals surface area contributed by atoms with E-state index in [1.54, 1.807) is 0 Å². The molecule has 0 atom stereocenters. The van der Waals surface area contributed by atoms with Crippen LogP contribution in [-0.4, -0.2) is 27.0 Å². The molecule has 1 heterocycles. The van der Waals surface area contributed by atoms with Crippen molar-refractivity contribution in [3.63, 3.8) is 0 Å². The second-order valence-corrected chi connectivity index (χ2v) is 8.29. The van der Waals surface area contributed by atoms with E-state index in [1.807, 2.05) is 18.7 Å². The smallest absolute Gasteiger partial charge is 0.278 e. The molecule has 5 aromatic rings. The van der Waals surface area contributed by atoms with Crippen molar-refractivity contribution in [2.45, 2.75) is 19.5 Å². The van der Waals surface area contributed by atoms with E-state index in [2.05, 4.69) is 69.5 Å². The topological polar surface area (TPSA) is 118 Å². The van der Waals surface area contributed by atoms with E-state index in [1.165, 1.54) is 39.2 Å². The van der Waals surface area contributed by atoms with Crippen LogP contribution in [-0.2, 0) is 13.1 Å². The molecule has 0 amide bonds. The number of carbonyl (C=O) groups is 1. The first-order chi connectivity index (χ1) is 17.5. The fourth-order valence-corrected chi connectivity index (χ4v) is 4.22. The van der Waals surface area contributed by atoms with Gasteiger partial charge in [-0.05, 0) is 33.7 Å². The minimum atomic E-state index is -1.54. The van der Waals surface area contributed by atoms with Crippen molar-refractivity contribution < 1.29 is 20.1 Å². The van der Waals surface area contributed by atoms with Crippen molar-refractivity contribution in [1.29, 1.82) is 0 Å². The molecule has 8 nitrogen and oxygen atoms in total. The van der Waals surface area contributed by atoms with Crippen molar-refractivity contribution >= 4 is 33.2 Å². The molecule has 4 aromatic carbocycles. The first kappa shape index (κ1) is 24.6. The van der Waals surface area contributed by atoms with Crippen LogP contribution in [0.2, 0.25) is 0 Å². The molecule has 0 saturated heterocycles. The van der Waals surface area contributed by atoms with Crippen molar-refractivity contribution in [1.82, 2.24) is 9.55 Å². The van der Waals surface area contributed by atoms with Crippen LogP contribution in [0.4, 0.5) is 5.69 Å². The summed E-state index contributed by atoms with van der Waals surface area (Å²) in [5, 5.41) is 28.4. The van der Waals surface area contributed by atoms with Gasteiger partial charge in [-0.2, -0.15) is 0 Å². The first-order valence-corrected chi connectivity index (χ1v) is 11.7. The van der Waals surface area contributed by atoms with E-state index in [0.29, 0.717) is 0 Å². The van der Waals surface area contributed by atoms with Crippen molar-refractivity contribution in [2.24, 2.45) is 0 Å². The predicted octanol–water partition coefficient (Wildman–Crippen LogP) is 3.30. The maximum Gasteiger partial charge on any atom is 0.278 e. The number of hydrogen-bond donors (Lipinski definition) is 1. The summed E-state index contributed by atoms with van der Waals surface area (Å²) in [6.45, 7) is 3.17. The standard InChI is InChI=1S/C21H21N3.C7H5NO4/c1-3-8-19-17(6-1)14-18-7-2-4-9-20(18)21(19)15-22-10-5-12-24-13-11-23-16-24;9-7(10)5-3-1-2-4-6(5)8(11)12/h1-4,6-9,11,13-14,16,22H,5,10,12,15H2;1-4H,(H,9,10). The Balaban J connectivity index is 0.000000214. The average molecular weight is 483 g/mol. The quantitative estimate of drug-likeness (QED) is 0.158. The number of nitrogens with two attached hydrogens (primary N) is 1. The molecule has 8 heteroatoms. The SMILES string of the molecule is O=C([O-])c1ccccc1[N+](=O)[O-].c1ccc2c(C[NH2+]CCCn3ccnc3)c3ccccc3cc2c1. The highest BCUT2D eigenvalue weighted by atomic mass is 16.6. The number of carbonyl (C=O) groups excluding carboxylic acids is 1. The number of aromatic carboxylic acids is 1. The molecule has 5 rings (SSSR count). The number of nitrogens with zero attached hydrogens (tertiary/aromatic N) is 3. The number of fused-ring (bicyclic) bond motifs is 2. The summed E-state index contributed by atoms with van der Waals surface area (Å²) in [4.78, 5) is 23.9. The monoisotopic (exact) mass is 482 g/mol. The van der Waals surface area contributed by atoms with E-state index in [0.717, 1.165) is 38.2 Å². The summed E-state index contributed by atoms with van der Waals surface area (Å²) in [5.74, 6) is -1.54. The molecule has 0 bridgehead atoms. The summed E-state index contributed by atoms with van der Waals surface area (Å²) >= 11 is 0. The van der Waals surface area contributed by atoms with E-state index in [-0.39, 0.29) is 0 Å². The minimum Gasteiger partial charge on any atom is -0.545 e. The highest BCUT2D eigenvalue weighted by Gasteiger charge is 2.12. The molecule has 0 radical (unpaired) electrons. The van der Waals surface area contributed by atoms with E-state index in [9.17, 15) is 20.0 Å². The molecule has 36 heavy (non-hydrogen) atoms. The van der Waals surface area contributed by atoms with Gasteiger partial charge in [-0.15, -0.1) is 0 Å². The maximum atomic E-state index is 10.3. The Morgan fingerprint density at radius 1 is 0.944 bits per heavy atom. The highest BCUT2D eigenvalue weighted by molar-refractivity contribution is 6.02. The molecular weight excluding hydrogens is 456 g/mol. The summed E-state index contributed by atoms with van der Waals surface area (Å²) < 4.78 is 2.14. The number of rotatable bonds is 8. The molecule has 2 N–H and O–H groups in total. The van der Waals surface area contributed by atoms with Gasteiger partial charge in [0.1, 0.15) is 6.54 Å². The van der Waals surface area contributed by atoms with Gasteiger partial charge >= 0.3 is 0 Å². The summed E-state index contributed by atoms with van der Waals surface area (Å²) in [6, 6.07) is 24.8. The Morgan fingerprint density at radius 2 is 1.58 bits per heavy atom. The summed E-state index contributed by atoms with van der Waals surface area (Å²) in [7, 11) is 0. The molecular formula is C28H26N4O4. The molecule has 0 aliphatic rings. The Hall–Kier alpha value is -4.56. The van der Waals surface area contributed by atoms with Gasteiger partial charge in [0, 0.05) is 37.0 Å². The third kappa shape index (κ3) is 5.92. The number of aryl methyl sites for hydroxylation is 1. The summed E-state index contributed by atoms with van der Waals surface area (Å²) in [5.41, 5.74) is 0.603. The van der Waals surface area contributed by atoms with Gasteiger partial charge in [-0.25, -0.2) is 4.98 Å². The molecule has 0 fully saturated rings. The van der Waals surface area contributed by atoms with Gasteiger partial charge in [0.15, 0.2) is 0 Å². The Bertz CT molecular complexity index is 1400. The van der Waals surface area contributed by atoms with Crippen LogP contribution in [0.25, 0.3) is 21.5 Å². The zero-order valence-corrected chi connectivity index (χ0v) is 19.6. The number of imidazole rings is 1. The second kappa shape index (κ2) is 11.7. The molecule has 0 saturated carbocycles. The maximum absolute atomic E-state index is 10.3. The minimum absolute atomic E-state index is 0.400. The van der Waals surface area contributed by atoms with E-state index < -0.39 is 22.1 Å². The molecule has 0 aliphatic heterocycles. The zero-order chi connectivity index (χ0) is 25.3. The number of carboxylic acid groups (broad SMARTS) is 1. The van der Waals surface area contributed by atoms with Crippen molar-refractivity contribution in [2.75, 3.05) is 6.54 Å². The van der Waals surface area contributed by atoms with Gasteiger partial charge in [0.25, 0.3) is 5.69 Å². The molecule has 0 unspecified atom stereocenters. The lowest BCUT2D eigenvalue weighted by Gasteiger charge is -2.11. The fourth-order valence-electron chi connectivity index (χ4n) is 4.22. The third-order valence-corrected chi connectivity index (χ3v) is 5.94. The van der Waals surface area contributed by atoms with Crippen LogP contribution in [0.15, 0.2) is 97.6 Å². The number of nitro groups is 1. The number of carboxylic acids is 1.